The predicted molar refractivity (Wildman–Crippen MR) is 39.1 cm³/mol. The molecule has 0 unspecified atom stereocenters. The van der Waals surface area contributed by atoms with Gasteiger partial charge in [0.2, 0.25) is 6.33 Å². The molecule has 0 N–H and O–H groups in total. The van der Waals surface area contributed by atoms with Crippen LogP contribution in [-0.2, 0) is 0 Å². The summed E-state index contributed by atoms with van der Waals surface area (Å²) in [5, 5.41) is 3.92. The number of aromatic nitrogens is 4. The Hall–Kier alpha value is -1.45. The third-order valence-corrected chi connectivity index (χ3v) is 1.60. The summed E-state index contributed by atoms with van der Waals surface area (Å²) in [7, 11) is 0. The molecule has 0 bridgehead atoms. The van der Waals surface area contributed by atoms with E-state index in [2.05, 4.69) is 21.4 Å². The quantitative estimate of drug-likeness (QED) is 0.546. The van der Waals surface area contributed by atoms with Gasteiger partial charge < -0.3 is 0 Å². The predicted octanol–water partition coefficient (Wildman–Crippen LogP) is 0.541. The number of rotatable bonds is 0. The van der Waals surface area contributed by atoms with Crippen molar-refractivity contribution in [3.63, 3.8) is 0 Å². The van der Waals surface area contributed by atoms with Crippen molar-refractivity contribution in [2.75, 3.05) is 0 Å². The molecule has 0 aromatic carbocycles. The minimum absolute atomic E-state index is 0.782. The monoisotopic (exact) mass is 147 g/mol. The van der Waals surface area contributed by atoms with Gasteiger partial charge in [0.05, 0.1) is 11.4 Å². The van der Waals surface area contributed by atoms with Crippen LogP contribution in [0.25, 0.3) is 5.65 Å². The summed E-state index contributed by atoms with van der Waals surface area (Å²) >= 11 is 0. The van der Waals surface area contributed by atoms with Crippen LogP contribution < -0.4 is 0 Å². The summed E-state index contributed by atoms with van der Waals surface area (Å²) in [6, 6.07) is 0. The summed E-state index contributed by atoms with van der Waals surface area (Å²) in [6.45, 7) is 3.83. The van der Waals surface area contributed by atoms with Crippen molar-refractivity contribution >= 4 is 5.65 Å². The normalized spacial score (nSPS) is 10.7. The van der Waals surface area contributed by atoms with Gasteiger partial charge in [-0.05, 0) is 13.8 Å². The fraction of sp³-hybridized carbons (Fsp3) is 0.286. The Labute approximate surface area is 63.9 Å². The number of hydrogen-bond acceptors (Lipinski definition) is 3. The summed E-state index contributed by atoms with van der Waals surface area (Å²) in [5.41, 5.74) is 2.63. The lowest BCUT2D eigenvalue weighted by molar-refractivity contribution is 0.885. The smallest absolute Gasteiger partial charge is 0.221 e. The zero-order valence-electron chi connectivity index (χ0n) is 6.37. The molecule has 1 radical (unpaired) electrons. The lowest BCUT2D eigenvalue weighted by Gasteiger charge is -1.97. The highest BCUT2D eigenvalue weighted by molar-refractivity contribution is 5.41. The second-order valence-electron chi connectivity index (χ2n) is 2.43. The van der Waals surface area contributed by atoms with E-state index in [0.717, 1.165) is 17.0 Å². The number of fused-ring (bicyclic) bond motifs is 1. The lowest BCUT2D eigenvalue weighted by Crippen LogP contribution is -1.97. The third kappa shape index (κ3) is 0.790. The van der Waals surface area contributed by atoms with Crippen LogP contribution in [0.4, 0.5) is 0 Å². The van der Waals surface area contributed by atoms with E-state index in [0.29, 0.717) is 0 Å². The first-order valence-corrected chi connectivity index (χ1v) is 3.34. The molecule has 4 heteroatoms. The van der Waals surface area contributed by atoms with Gasteiger partial charge in [0.15, 0.2) is 5.65 Å². The fourth-order valence-corrected chi connectivity index (χ4v) is 0.992. The Balaban J connectivity index is 2.96. The molecule has 4 nitrogen and oxygen atoms in total. The second-order valence-corrected chi connectivity index (χ2v) is 2.43. The van der Waals surface area contributed by atoms with Gasteiger partial charge in [0.25, 0.3) is 0 Å². The number of hydrogen-bond donors (Lipinski definition) is 0. The number of nitrogens with zero attached hydrogens (tertiary/aromatic N) is 4. The van der Waals surface area contributed by atoms with E-state index < -0.39 is 0 Å². The summed E-state index contributed by atoms with van der Waals surface area (Å²) in [5.74, 6) is 0. The van der Waals surface area contributed by atoms with Crippen LogP contribution >= 0.6 is 0 Å². The van der Waals surface area contributed by atoms with E-state index in [1.165, 1.54) is 0 Å². The molecule has 2 aromatic heterocycles. The Bertz CT molecular complexity index is 354. The van der Waals surface area contributed by atoms with Crippen molar-refractivity contribution in [1.29, 1.82) is 0 Å². The highest BCUT2D eigenvalue weighted by atomic mass is 15.3. The summed E-state index contributed by atoms with van der Waals surface area (Å²) < 4.78 is 1.72. The van der Waals surface area contributed by atoms with Crippen molar-refractivity contribution in [3.8, 4) is 0 Å². The maximum atomic E-state index is 4.14. The Morgan fingerprint density at radius 2 is 2.27 bits per heavy atom. The van der Waals surface area contributed by atoms with Gasteiger partial charge in [-0.2, -0.15) is 0 Å². The third-order valence-electron chi connectivity index (χ3n) is 1.60. The van der Waals surface area contributed by atoms with Crippen molar-refractivity contribution < 1.29 is 0 Å². The first-order valence-electron chi connectivity index (χ1n) is 3.34. The first-order chi connectivity index (χ1) is 5.29. The molecule has 0 aliphatic carbocycles. The van der Waals surface area contributed by atoms with Gasteiger partial charge in [0, 0.05) is 6.20 Å². The molecule has 2 heterocycles. The molecular formula is C7H7N4. The van der Waals surface area contributed by atoms with Crippen LogP contribution in [0.5, 0.6) is 0 Å². The lowest BCUT2D eigenvalue weighted by atomic mass is 10.4. The van der Waals surface area contributed by atoms with Gasteiger partial charge in [0.1, 0.15) is 0 Å². The molecule has 0 fully saturated rings. The molecule has 0 aliphatic heterocycles. The molecule has 11 heavy (non-hydrogen) atoms. The van der Waals surface area contributed by atoms with Gasteiger partial charge in [-0.3, -0.25) is 4.98 Å². The van der Waals surface area contributed by atoms with Gasteiger partial charge in [-0.1, -0.05) is 0 Å². The molecule has 2 rings (SSSR count). The Kier molecular flexibility index (Phi) is 1.15. The molecule has 2 aromatic rings. The molecule has 0 saturated carbocycles. The Morgan fingerprint density at radius 1 is 1.45 bits per heavy atom. The zero-order valence-corrected chi connectivity index (χ0v) is 6.37. The first kappa shape index (κ1) is 6.27. The topological polar surface area (TPSA) is 43.1 Å². The fourth-order valence-electron chi connectivity index (χ4n) is 0.992. The van der Waals surface area contributed by atoms with E-state index in [4.69, 9.17) is 0 Å². The largest absolute Gasteiger partial charge is 0.256 e. The minimum atomic E-state index is 0.782. The van der Waals surface area contributed by atoms with E-state index in [9.17, 15) is 0 Å². The number of aryl methyl sites for hydroxylation is 2. The van der Waals surface area contributed by atoms with E-state index in [-0.39, 0.29) is 0 Å². The van der Waals surface area contributed by atoms with Gasteiger partial charge in [-0.15, -0.1) is 5.10 Å². The molecule has 0 atom stereocenters. The van der Waals surface area contributed by atoms with Crippen molar-refractivity contribution in [1.82, 2.24) is 19.6 Å². The average molecular weight is 147 g/mol. The summed E-state index contributed by atoms with van der Waals surface area (Å²) in [4.78, 5) is 8.08. The molecule has 55 valence electrons. The standard InChI is InChI=1S/C7H7N4/c1-5-3-8-6(2)7-9-4-10-11(5)7/h3H,1-2H3. The Morgan fingerprint density at radius 3 is 3.00 bits per heavy atom. The van der Waals surface area contributed by atoms with Gasteiger partial charge >= 0.3 is 0 Å². The van der Waals surface area contributed by atoms with Crippen molar-refractivity contribution in [2.45, 2.75) is 13.8 Å². The van der Waals surface area contributed by atoms with Crippen LogP contribution in [0.15, 0.2) is 6.20 Å². The zero-order chi connectivity index (χ0) is 7.84. The summed E-state index contributed by atoms with van der Waals surface area (Å²) in [6.07, 6.45) is 4.31. The van der Waals surface area contributed by atoms with E-state index >= 15 is 0 Å². The molecule has 0 spiro atoms. The highest BCUT2D eigenvalue weighted by Gasteiger charge is 2.01. The second kappa shape index (κ2) is 2.02. The van der Waals surface area contributed by atoms with E-state index in [1.807, 2.05) is 13.8 Å². The molecule has 0 aliphatic rings. The van der Waals surface area contributed by atoms with Crippen LogP contribution in [-0.4, -0.2) is 19.6 Å². The van der Waals surface area contributed by atoms with Crippen molar-refractivity contribution in [2.24, 2.45) is 0 Å². The molecule has 0 saturated heterocycles. The maximum Gasteiger partial charge on any atom is 0.221 e. The van der Waals surface area contributed by atoms with Crippen LogP contribution in [0.3, 0.4) is 0 Å². The maximum absolute atomic E-state index is 4.14. The van der Waals surface area contributed by atoms with Gasteiger partial charge in [-0.25, -0.2) is 9.50 Å². The van der Waals surface area contributed by atoms with Crippen LogP contribution in [0.1, 0.15) is 11.4 Å². The SMILES string of the molecule is Cc1ncc(C)n2n[c]nc12. The van der Waals surface area contributed by atoms with Crippen molar-refractivity contribution in [3.05, 3.63) is 23.9 Å². The van der Waals surface area contributed by atoms with Crippen LogP contribution in [0, 0.1) is 20.2 Å². The molecular weight excluding hydrogens is 140 g/mol. The molecule has 0 amide bonds. The van der Waals surface area contributed by atoms with Crippen LogP contribution in [0.2, 0.25) is 0 Å². The average Bonchev–Trinajstić information content (AvgIpc) is 2.45. The highest BCUT2D eigenvalue weighted by Crippen LogP contribution is 2.03. The minimum Gasteiger partial charge on any atom is -0.256 e. The van der Waals surface area contributed by atoms with E-state index in [1.54, 1.807) is 10.7 Å².